The van der Waals surface area contributed by atoms with Gasteiger partial charge in [-0.25, -0.2) is 9.78 Å². The molecule has 0 bridgehead atoms. The number of H-pyrrole nitrogens is 1. The number of para-hydroxylation sites is 1. The largest absolute Gasteiger partial charge is 0.490 e. The lowest BCUT2D eigenvalue weighted by Gasteiger charge is -2.30. The quantitative estimate of drug-likeness (QED) is 0.318. The smallest absolute Gasteiger partial charge is 0.475 e. The summed E-state index contributed by atoms with van der Waals surface area (Å²) in [6.45, 7) is 5.22. The van der Waals surface area contributed by atoms with E-state index in [4.69, 9.17) is 20.6 Å². The van der Waals surface area contributed by atoms with Gasteiger partial charge in [0.25, 0.3) is 0 Å². The Hall–Kier alpha value is -3.21. The number of hydrogen-bond donors (Lipinski definition) is 3. The zero-order chi connectivity index (χ0) is 25.9. The first-order chi connectivity index (χ1) is 17.1. The van der Waals surface area contributed by atoms with Crippen molar-refractivity contribution in [2.24, 2.45) is 5.73 Å². The highest BCUT2D eigenvalue weighted by molar-refractivity contribution is 7.18. The number of fused-ring (bicyclic) bond motifs is 1. The number of imidazole rings is 1. The molecule has 0 radical (unpaired) electrons. The molecule has 0 saturated carbocycles. The van der Waals surface area contributed by atoms with Crippen LogP contribution in [0.3, 0.4) is 0 Å². The number of aromatic nitrogens is 2. The van der Waals surface area contributed by atoms with Crippen molar-refractivity contribution in [3.63, 3.8) is 0 Å². The molecule has 1 fully saturated rings. The van der Waals surface area contributed by atoms with E-state index in [9.17, 15) is 13.2 Å². The summed E-state index contributed by atoms with van der Waals surface area (Å²) in [7, 11) is 0. The highest BCUT2D eigenvalue weighted by atomic mass is 32.1. The fourth-order valence-corrected chi connectivity index (χ4v) is 5.18. The van der Waals surface area contributed by atoms with E-state index in [1.807, 2.05) is 0 Å². The molecule has 1 atom stereocenters. The molecule has 0 aliphatic carbocycles. The average Bonchev–Trinajstić information content (AvgIpc) is 3.47. The molecule has 0 amide bonds. The van der Waals surface area contributed by atoms with Crippen molar-refractivity contribution in [1.29, 1.82) is 0 Å². The number of thiophene rings is 1. The Balaban J connectivity index is 0.000000384. The molecule has 5 rings (SSSR count). The summed E-state index contributed by atoms with van der Waals surface area (Å²) < 4.78 is 31.7. The van der Waals surface area contributed by atoms with Gasteiger partial charge in [0.05, 0.1) is 15.9 Å². The number of nitrogens with one attached hydrogen (secondary N) is 1. The first-order valence-corrected chi connectivity index (χ1v) is 12.3. The number of nitrogens with zero attached hydrogens (tertiary/aromatic N) is 2. The lowest BCUT2D eigenvalue weighted by molar-refractivity contribution is -0.192. The topological polar surface area (TPSA) is 95.2 Å². The molecule has 1 aliphatic rings. The maximum atomic E-state index is 10.6. The molecule has 2 aromatic heterocycles. The number of aryl methyl sites for hydroxylation is 1. The van der Waals surface area contributed by atoms with Crippen LogP contribution in [0.2, 0.25) is 0 Å². The lowest BCUT2D eigenvalue weighted by Crippen LogP contribution is -2.42. The number of rotatable bonds is 4. The number of carbonyl (C=O) groups is 1. The predicted molar refractivity (Wildman–Crippen MR) is 136 cm³/mol. The minimum atomic E-state index is -5.08. The van der Waals surface area contributed by atoms with E-state index in [2.05, 4.69) is 71.4 Å². The number of benzene rings is 2. The number of alkyl halides is 3. The van der Waals surface area contributed by atoms with Crippen LogP contribution in [0.15, 0.2) is 54.6 Å². The van der Waals surface area contributed by atoms with E-state index >= 15 is 0 Å². The summed E-state index contributed by atoms with van der Waals surface area (Å²) in [6, 6.07) is 19.9. The van der Waals surface area contributed by atoms with Gasteiger partial charge in [-0.2, -0.15) is 13.2 Å². The maximum Gasteiger partial charge on any atom is 0.490 e. The van der Waals surface area contributed by atoms with E-state index in [0.29, 0.717) is 6.04 Å². The molecule has 4 aromatic rings. The number of hydrogen-bond acceptors (Lipinski definition) is 5. The number of carboxylic acid groups (broad SMARTS) is 1. The molecule has 10 heteroatoms. The number of carboxylic acids is 1. The predicted octanol–water partition coefficient (Wildman–Crippen LogP) is 5.82. The number of halogens is 3. The average molecular weight is 517 g/mol. The standard InChI is InChI=1S/C24H26N4S.C2HF3O2/c1-16-5-2-9-20-23(16)27-24(26-20)22-11-10-21(29-22)18-7-3-6-17(13-18)14-28-12-4-8-19(25)15-28;3-2(4,5)1(6)7/h2-3,5-7,9-11,13,19H,4,8,12,14-15,25H2,1H3,(H,26,27);(H,6,7). The second-order valence-corrected chi connectivity index (χ2v) is 9.94. The highest BCUT2D eigenvalue weighted by Gasteiger charge is 2.38. The molecule has 1 aliphatic heterocycles. The van der Waals surface area contributed by atoms with Crippen molar-refractivity contribution in [3.8, 4) is 21.1 Å². The summed E-state index contributed by atoms with van der Waals surface area (Å²) >= 11 is 1.79. The van der Waals surface area contributed by atoms with Crippen LogP contribution in [-0.2, 0) is 11.3 Å². The molecular weight excluding hydrogens is 489 g/mol. The van der Waals surface area contributed by atoms with Crippen molar-refractivity contribution in [2.75, 3.05) is 13.1 Å². The zero-order valence-corrected chi connectivity index (χ0v) is 20.5. The van der Waals surface area contributed by atoms with Crippen molar-refractivity contribution in [2.45, 2.75) is 38.5 Å². The fourth-order valence-electron chi connectivity index (χ4n) is 4.23. The normalized spacial score (nSPS) is 16.5. The van der Waals surface area contributed by atoms with Crippen LogP contribution in [0.4, 0.5) is 13.2 Å². The zero-order valence-electron chi connectivity index (χ0n) is 19.7. The van der Waals surface area contributed by atoms with E-state index in [0.717, 1.165) is 42.9 Å². The van der Waals surface area contributed by atoms with Crippen molar-refractivity contribution >= 4 is 28.3 Å². The minimum absolute atomic E-state index is 0.319. The summed E-state index contributed by atoms with van der Waals surface area (Å²) in [4.78, 5) is 22.1. The van der Waals surface area contributed by atoms with Gasteiger partial charge in [-0.1, -0.05) is 30.3 Å². The van der Waals surface area contributed by atoms with Crippen LogP contribution in [-0.4, -0.2) is 51.3 Å². The summed E-state index contributed by atoms with van der Waals surface area (Å²) in [5.41, 5.74) is 12.1. The number of nitrogens with two attached hydrogens (primary N) is 1. The van der Waals surface area contributed by atoms with E-state index in [1.54, 1.807) is 11.3 Å². The van der Waals surface area contributed by atoms with Crippen molar-refractivity contribution in [3.05, 3.63) is 65.7 Å². The van der Waals surface area contributed by atoms with E-state index < -0.39 is 12.1 Å². The number of piperidine rings is 1. The third-order valence-corrected chi connectivity index (χ3v) is 7.10. The molecule has 2 aromatic carbocycles. The van der Waals surface area contributed by atoms with Gasteiger partial charge in [0.2, 0.25) is 0 Å². The van der Waals surface area contributed by atoms with Crippen LogP contribution in [0.5, 0.6) is 0 Å². The third-order valence-electron chi connectivity index (χ3n) is 5.96. The van der Waals surface area contributed by atoms with Gasteiger partial charge in [0.1, 0.15) is 5.82 Å². The Kier molecular flexibility index (Phi) is 7.77. The van der Waals surface area contributed by atoms with Gasteiger partial charge in [0, 0.05) is 24.0 Å². The van der Waals surface area contributed by atoms with E-state index in [1.165, 1.54) is 32.9 Å². The Morgan fingerprint density at radius 3 is 2.61 bits per heavy atom. The van der Waals surface area contributed by atoms with Crippen LogP contribution >= 0.6 is 11.3 Å². The second-order valence-electron chi connectivity index (χ2n) is 8.86. The fraction of sp³-hybridized carbons (Fsp3) is 0.308. The summed E-state index contributed by atoms with van der Waals surface area (Å²) in [5, 5.41) is 7.12. The Labute approximate surface area is 210 Å². The van der Waals surface area contributed by atoms with Gasteiger partial charge >= 0.3 is 12.1 Å². The van der Waals surface area contributed by atoms with Crippen molar-refractivity contribution < 1.29 is 23.1 Å². The van der Waals surface area contributed by atoms with Gasteiger partial charge in [-0.15, -0.1) is 11.3 Å². The lowest BCUT2D eigenvalue weighted by atomic mass is 10.0. The molecule has 4 N–H and O–H groups in total. The summed E-state index contributed by atoms with van der Waals surface area (Å²) in [5.74, 6) is -1.81. The molecular formula is C26H27F3N4O2S. The van der Waals surface area contributed by atoms with Crippen LogP contribution in [0.25, 0.3) is 32.2 Å². The Morgan fingerprint density at radius 2 is 1.92 bits per heavy atom. The molecule has 6 nitrogen and oxygen atoms in total. The SMILES string of the molecule is Cc1cccc2[nH]c(-c3ccc(-c4cccc(CN5CCCC(N)C5)c4)s3)nc12.O=C(O)C(F)(F)F. The second kappa shape index (κ2) is 10.8. The van der Waals surface area contributed by atoms with Crippen LogP contribution in [0.1, 0.15) is 24.0 Å². The summed E-state index contributed by atoms with van der Waals surface area (Å²) in [6.07, 6.45) is -2.73. The minimum Gasteiger partial charge on any atom is -0.475 e. The van der Waals surface area contributed by atoms with Gasteiger partial charge < -0.3 is 15.8 Å². The van der Waals surface area contributed by atoms with Gasteiger partial charge in [-0.05, 0) is 67.3 Å². The molecule has 36 heavy (non-hydrogen) atoms. The number of aliphatic carboxylic acids is 1. The number of aromatic amines is 1. The first kappa shape index (κ1) is 25.9. The monoisotopic (exact) mass is 516 g/mol. The first-order valence-electron chi connectivity index (χ1n) is 11.5. The Morgan fingerprint density at radius 1 is 1.19 bits per heavy atom. The molecule has 0 spiro atoms. The molecule has 1 saturated heterocycles. The highest BCUT2D eigenvalue weighted by Crippen LogP contribution is 2.34. The van der Waals surface area contributed by atoms with Crippen molar-refractivity contribution in [1.82, 2.24) is 14.9 Å². The van der Waals surface area contributed by atoms with Crippen LogP contribution in [0, 0.1) is 6.92 Å². The van der Waals surface area contributed by atoms with E-state index in [-0.39, 0.29) is 0 Å². The van der Waals surface area contributed by atoms with Gasteiger partial charge in [0.15, 0.2) is 0 Å². The molecule has 3 heterocycles. The van der Waals surface area contributed by atoms with Crippen LogP contribution < -0.4 is 5.73 Å². The molecule has 1 unspecified atom stereocenters. The number of likely N-dealkylation sites (tertiary alicyclic amines) is 1. The third kappa shape index (κ3) is 6.31. The van der Waals surface area contributed by atoms with Gasteiger partial charge in [-0.3, -0.25) is 4.90 Å². The molecule has 190 valence electrons. The maximum absolute atomic E-state index is 10.6. The Bertz CT molecular complexity index is 1350.